The summed E-state index contributed by atoms with van der Waals surface area (Å²) in [6.07, 6.45) is 0.768. The number of halogens is 4. The number of nitrogens with one attached hydrogen (secondary N) is 1. The van der Waals surface area contributed by atoms with Crippen LogP contribution in [0.3, 0.4) is 0 Å². The van der Waals surface area contributed by atoms with E-state index in [0.717, 1.165) is 24.6 Å². The van der Waals surface area contributed by atoms with Crippen LogP contribution in [0, 0.1) is 25.6 Å². The quantitative estimate of drug-likeness (QED) is 0.203. The molecule has 240 valence electrons. The third-order valence-electron chi connectivity index (χ3n) is 8.99. The second-order valence-corrected chi connectivity index (χ2v) is 12.1. The lowest BCUT2D eigenvalue weighted by atomic mass is 9.82. The van der Waals surface area contributed by atoms with Crippen LogP contribution in [-0.4, -0.2) is 43.1 Å². The first-order chi connectivity index (χ1) is 21.5. The average Bonchev–Trinajstić information content (AvgIpc) is 3.52. The Labute approximate surface area is 261 Å². The first-order valence-corrected chi connectivity index (χ1v) is 15.4. The molecule has 0 radical (unpaired) electrons. The molecule has 6 nitrogen and oxygen atoms in total. The Morgan fingerprint density at radius 3 is 2.31 bits per heavy atom. The number of aryl methyl sites for hydroxylation is 2. The standard InChI is InChI=1S/C35H39F4N3O3/c1-22-13-18-27(20-29(22)35(37,38)39)42(21-45-3)33(43)28-11-7-19-41(34(44)31-23(2)8-6-12-30(31)36)32(28)24-14-16-26(17-15-24)40-25-9-4-5-10-25/h6,8,12-18,20,25,28,32,40H,4-5,7,9-11,19,21H2,1-3H3/t28-,32-/m0/s1. The Morgan fingerprint density at radius 2 is 1.67 bits per heavy atom. The van der Waals surface area contributed by atoms with E-state index in [-0.39, 0.29) is 30.1 Å². The zero-order chi connectivity index (χ0) is 32.3. The average molecular weight is 626 g/mol. The van der Waals surface area contributed by atoms with Crippen LogP contribution in [0.2, 0.25) is 0 Å². The number of anilines is 2. The third kappa shape index (κ3) is 7.01. The minimum Gasteiger partial charge on any atom is -0.382 e. The van der Waals surface area contributed by atoms with E-state index in [9.17, 15) is 22.8 Å². The zero-order valence-electron chi connectivity index (χ0n) is 25.8. The predicted octanol–water partition coefficient (Wildman–Crippen LogP) is 8.05. The highest BCUT2D eigenvalue weighted by atomic mass is 19.4. The van der Waals surface area contributed by atoms with E-state index in [1.807, 2.05) is 24.3 Å². The molecule has 0 spiro atoms. The lowest BCUT2D eigenvalue weighted by Gasteiger charge is -2.42. The second-order valence-electron chi connectivity index (χ2n) is 12.1. The van der Waals surface area contributed by atoms with Crippen molar-refractivity contribution in [1.82, 2.24) is 4.90 Å². The van der Waals surface area contributed by atoms with Crippen LogP contribution in [0.1, 0.15) is 77.2 Å². The van der Waals surface area contributed by atoms with Crippen LogP contribution in [0.15, 0.2) is 60.7 Å². The fourth-order valence-electron chi connectivity index (χ4n) is 6.70. The van der Waals surface area contributed by atoms with E-state index >= 15 is 4.39 Å². The Kier molecular flexibility index (Phi) is 9.82. The van der Waals surface area contributed by atoms with Gasteiger partial charge < -0.3 is 15.0 Å². The van der Waals surface area contributed by atoms with Crippen LogP contribution in [0.4, 0.5) is 28.9 Å². The maximum absolute atomic E-state index is 15.1. The largest absolute Gasteiger partial charge is 0.416 e. The lowest BCUT2D eigenvalue weighted by Crippen LogP contribution is -2.49. The highest BCUT2D eigenvalue weighted by Crippen LogP contribution is 2.41. The Bertz CT molecular complexity index is 1500. The fourth-order valence-corrected chi connectivity index (χ4v) is 6.70. The smallest absolute Gasteiger partial charge is 0.382 e. The van der Waals surface area contributed by atoms with Crippen molar-refractivity contribution in [2.24, 2.45) is 5.92 Å². The number of benzene rings is 3. The van der Waals surface area contributed by atoms with Gasteiger partial charge in [0.25, 0.3) is 5.91 Å². The van der Waals surface area contributed by atoms with E-state index in [4.69, 9.17) is 4.74 Å². The number of carbonyl (C=O) groups excluding carboxylic acids is 2. The number of amides is 2. The number of likely N-dealkylation sites (tertiary alicyclic amines) is 1. The number of hydrogen-bond donors (Lipinski definition) is 1. The molecule has 5 rings (SSSR count). The molecule has 0 unspecified atom stereocenters. The Hall–Kier alpha value is -3.92. The molecule has 10 heteroatoms. The Balaban J connectivity index is 1.55. The molecule has 3 aromatic carbocycles. The van der Waals surface area contributed by atoms with Crippen LogP contribution >= 0.6 is 0 Å². The number of hydrogen-bond acceptors (Lipinski definition) is 4. The summed E-state index contributed by atoms with van der Waals surface area (Å²) >= 11 is 0. The van der Waals surface area contributed by atoms with Crippen molar-refractivity contribution < 1.29 is 31.9 Å². The third-order valence-corrected chi connectivity index (χ3v) is 8.99. The van der Waals surface area contributed by atoms with Gasteiger partial charge in [0, 0.05) is 31.1 Å². The highest BCUT2D eigenvalue weighted by Gasteiger charge is 2.43. The molecule has 1 aliphatic carbocycles. The van der Waals surface area contributed by atoms with Crippen molar-refractivity contribution in [2.45, 2.75) is 70.6 Å². The molecule has 3 aromatic rings. The summed E-state index contributed by atoms with van der Waals surface area (Å²) < 4.78 is 61.9. The van der Waals surface area contributed by atoms with Crippen LogP contribution in [0.25, 0.3) is 0 Å². The maximum atomic E-state index is 15.1. The number of methoxy groups -OCH3 is 1. The number of carbonyl (C=O) groups is 2. The van der Waals surface area contributed by atoms with Gasteiger partial charge in [0.05, 0.1) is 23.1 Å². The van der Waals surface area contributed by atoms with Gasteiger partial charge in [-0.15, -0.1) is 0 Å². The monoisotopic (exact) mass is 625 g/mol. The van der Waals surface area contributed by atoms with Gasteiger partial charge in [0.15, 0.2) is 0 Å². The minimum absolute atomic E-state index is 0.0370. The van der Waals surface area contributed by atoms with Gasteiger partial charge in [-0.05, 0) is 86.6 Å². The van der Waals surface area contributed by atoms with Crippen molar-refractivity contribution in [1.29, 1.82) is 0 Å². The molecule has 1 saturated heterocycles. The van der Waals surface area contributed by atoms with Crippen LogP contribution in [-0.2, 0) is 15.7 Å². The molecular weight excluding hydrogens is 586 g/mol. The lowest BCUT2D eigenvalue weighted by molar-refractivity contribution is -0.138. The first kappa shape index (κ1) is 32.5. The number of alkyl halides is 3. The van der Waals surface area contributed by atoms with Gasteiger partial charge in [-0.25, -0.2) is 4.39 Å². The molecule has 1 N–H and O–H groups in total. The highest BCUT2D eigenvalue weighted by molar-refractivity contribution is 5.99. The summed E-state index contributed by atoms with van der Waals surface area (Å²) in [5.74, 6) is -2.48. The van der Waals surface area contributed by atoms with Gasteiger partial charge in [0.1, 0.15) is 12.5 Å². The second kappa shape index (κ2) is 13.6. The minimum atomic E-state index is -4.61. The number of nitrogens with zero attached hydrogens (tertiary/aromatic N) is 2. The van der Waals surface area contributed by atoms with Crippen LogP contribution in [0.5, 0.6) is 0 Å². The van der Waals surface area contributed by atoms with Crippen molar-refractivity contribution in [2.75, 3.05) is 30.6 Å². The summed E-state index contributed by atoms with van der Waals surface area (Å²) in [6, 6.07) is 15.4. The van der Waals surface area contributed by atoms with E-state index in [0.29, 0.717) is 30.0 Å². The normalized spacial score (nSPS) is 19.0. The fraction of sp³-hybridized carbons (Fsp3) is 0.429. The molecule has 2 fully saturated rings. The molecule has 2 amide bonds. The molecule has 1 aliphatic heterocycles. The van der Waals surface area contributed by atoms with Gasteiger partial charge in [-0.1, -0.05) is 43.2 Å². The summed E-state index contributed by atoms with van der Waals surface area (Å²) in [4.78, 5) is 31.2. The van der Waals surface area contributed by atoms with Gasteiger partial charge in [-0.2, -0.15) is 13.2 Å². The van der Waals surface area contributed by atoms with Crippen LogP contribution < -0.4 is 10.2 Å². The van der Waals surface area contributed by atoms with Crippen molar-refractivity contribution in [3.63, 3.8) is 0 Å². The number of rotatable bonds is 8. The molecule has 2 aliphatic rings. The van der Waals surface area contributed by atoms with Gasteiger partial charge >= 0.3 is 6.18 Å². The molecule has 2 atom stereocenters. The maximum Gasteiger partial charge on any atom is 0.416 e. The number of ether oxygens (including phenoxy) is 1. The SMILES string of the molecule is COCN(C(=O)[C@H]1CCCN(C(=O)c2c(C)cccc2F)[C@H]1c1ccc(NC2CCCC2)cc1)c1ccc(C)c(C(F)(F)F)c1. The predicted molar refractivity (Wildman–Crippen MR) is 166 cm³/mol. The zero-order valence-corrected chi connectivity index (χ0v) is 25.8. The summed E-state index contributed by atoms with van der Waals surface area (Å²) in [6.45, 7) is 3.03. The van der Waals surface area contributed by atoms with Crippen molar-refractivity contribution in [3.05, 3.63) is 94.3 Å². The molecule has 0 aromatic heterocycles. The molecular formula is C35H39F4N3O3. The van der Waals surface area contributed by atoms with E-state index in [1.54, 1.807) is 13.0 Å². The number of piperidine rings is 1. The van der Waals surface area contributed by atoms with Gasteiger partial charge in [0.2, 0.25) is 5.91 Å². The van der Waals surface area contributed by atoms with E-state index in [2.05, 4.69) is 5.32 Å². The molecule has 45 heavy (non-hydrogen) atoms. The molecule has 1 heterocycles. The summed E-state index contributed by atoms with van der Waals surface area (Å²) in [5, 5.41) is 3.54. The van der Waals surface area contributed by atoms with E-state index < -0.39 is 41.3 Å². The summed E-state index contributed by atoms with van der Waals surface area (Å²) in [7, 11) is 1.37. The van der Waals surface area contributed by atoms with Crippen molar-refractivity contribution in [3.8, 4) is 0 Å². The molecule has 1 saturated carbocycles. The molecule has 0 bridgehead atoms. The van der Waals surface area contributed by atoms with E-state index in [1.165, 1.54) is 60.9 Å². The summed E-state index contributed by atoms with van der Waals surface area (Å²) in [5.41, 5.74) is 1.27. The van der Waals surface area contributed by atoms with Crippen molar-refractivity contribution >= 4 is 23.2 Å². The topological polar surface area (TPSA) is 61.9 Å². The first-order valence-electron chi connectivity index (χ1n) is 15.4. The van der Waals surface area contributed by atoms with Gasteiger partial charge in [-0.3, -0.25) is 14.5 Å². The Morgan fingerprint density at radius 1 is 0.956 bits per heavy atom.